The Morgan fingerprint density at radius 2 is 2.07 bits per heavy atom. The van der Waals surface area contributed by atoms with E-state index in [1.807, 2.05) is 0 Å². The van der Waals surface area contributed by atoms with Gasteiger partial charge in [0.25, 0.3) is 5.56 Å². The number of aromatic amines is 1. The van der Waals surface area contributed by atoms with Crippen molar-refractivity contribution in [1.29, 1.82) is 0 Å². The Bertz CT molecular complexity index is 1590. The predicted molar refractivity (Wildman–Crippen MR) is 148 cm³/mol. The van der Waals surface area contributed by atoms with Gasteiger partial charge >= 0.3 is 13.5 Å². The third-order valence-corrected chi connectivity index (χ3v) is 10.1. The predicted octanol–water partition coefficient (Wildman–Crippen LogP) is 1.69. The van der Waals surface area contributed by atoms with E-state index < -0.39 is 62.3 Å². The number of nitrogens with one attached hydrogen (secondary N) is 2. The monoisotopic (exact) mass is 650 g/mol. The van der Waals surface area contributed by atoms with Crippen LogP contribution in [0.25, 0.3) is 11.2 Å². The molecule has 2 aliphatic heterocycles. The fraction of sp³-hybridized carbons (Fsp3) is 0.550. The Balaban J connectivity index is 1.28. The number of thiol groups is 1. The van der Waals surface area contributed by atoms with Gasteiger partial charge in [-0.2, -0.15) is 4.98 Å². The first-order valence-electron chi connectivity index (χ1n) is 12.3. The summed E-state index contributed by atoms with van der Waals surface area (Å²) >= 11 is 9.35. The number of ether oxygens (including phenoxy) is 1. The van der Waals surface area contributed by atoms with Crippen molar-refractivity contribution in [2.75, 3.05) is 24.3 Å². The van der Waals surface area contributed by atoms with Gasteiger partial charge in [-0.15, -0.1) is 0 Å². The van der Waals surface area contributed by atoms with Crippen molar-refractivity contribution >= 4 is 60.5 Å². The lowest BCUT2D eigenvalue weighted by atomic mass is 10.1. The number of hydrogen-bond acceptors (Lipinski definition) is 14. The lowest BCUT2D eigenvalue weighted by molar-refractivity contribution is -0.0481. The van der Waals surface area contributed by atoms with E-state index in [1.54, 1.807) is 12.3 Å². The average molecular weight is 651 g/mol. The molecule has 3 fully saturated rings. The van der Waals surface area contributed by atoms with Crippen molar-refractivity contribution in [2.24, 2.45) is 5.92 Å². The van der Waals surface area contributed by atoms with E-state index in [0.29, 0.717) is 18.7 Å². The van der Waals surface area contributed by atoms with Crippen LogP contribution in [-0.4, -0.2) is 78.1 Å². The molecule has 5 N–H and O–H groups in total. The highest BCUT2D eigenvalue weighted by Gasteiger charge is 2.51. The van der Waals surface area contributed by atoms with Crippen LogP contribution in [0.1, 0.15) is 19.1 Å². The minimum Gasteiger partial charge on any atom is -0.369 e. The molecule has 2 bridgehead atoms. The Kier molecular flexibility index (Phi) is 7.95. The maximum Gasteiger partial charge on any atom is 0.386 e. The molecule has 2 saturated heterocycles. The number of anilines is 2. The number of imidazole rings is 1. The Hall–Kier alpha value is -2.05. The molecule has 3 aromatic rings. The highest BCUT2D eigenvalue weighted by atomic mass is 32.7. The molecule has 2 unspecified atom stereocenters. The Morgan fingerprint density at radius 1 is 1.24 bits per heavy atom. The van der Waals surface area contributed by atoms with Crippen molar-refractivity contribution < 1.29 is 36.7 Å². The standard InChI is InChI=1S/C20H25FN8O8P2S2/c21-14-12-6-34-38(31,40)36-11-4-10(26-13-1-2-23-7-24-13)3-9(11)5-33-39(32,41)37-16(14)19(35-12)29-8-25-15-17(29)27-20(22)28-18(15)30/h1-2,7-12,14,16,19H,3-6H2,(H,31,40)(H,32,41)(H,23,24,26)(H3,22,27,28,30)/t9-,10-,11+,12-,14-,16-,19-,38?,39?/m1/s1. The largest absolute Gasteiger partial charge is 0.386 e. The summed E-state index contributed by atoms with van der Waals surface area (Å²) in [5.41, 5.74) is 4.95. The number of fused-ring (bicyclic) bond motifs is 4. The number of nitrogens with two attached hydrogens (primary N) is 1. The lowest BCUT2D eigenvalue weighted by Gasteiger charge is -2.27. The molecule has 16 nitrogen and oxygen atoms in total. The summed E-state index contributed by atoms with van der Waals surface area (Å²) in [6.07, 6.45) is -1.87. The molecule has 0 spiro atoms. The fourth-order valence-corrected chi connectivity index (χ4v) is 8.14. The second kappa shape index (κ2) is 11.2. The molecule has 5 heterocycles. The van der Waals surface area contributed by atoms with Crippen molar-refractivity contribution in [3.05, 3.63) is 35.3 Å². The van der Waals surface area contributed by atoms with E-state index in [9.17, 15) is 14.3 Å². The molecular weight excluding hydrogens is 625 g/mol. The van der Waals surface area contributed by atoms with Crippen LogP contribution in [0.15, 0.2) is 29.7 Å². The number of alkyl halides is 1. The summed E-state index contributed by atoms with van der Waals surface area (Å²) in [6, 6.07) is 1.53. The number of H-pyrrole nitrogens is 1. The molecule has 0 aromatic carbocycles. The van der Waals surface area contributed by atoms with Gasteiger partial charge in [0, 0.05) is 18.2 Å². The molecule has 222 valence electrons. The number of hydrogen-bond donors (Lipinski definition) is 5. The molecule has 21 heteroatoms. The molecular formula is C20H25FN8O8P2S2. The molecule has 41 heavy (non-hydrogen) atoms. The molecule has 9 atom stereocenters. The smallest absolute Gasteiger partial charge is 0.369 e. The van der Waals surface area contributed by atoms with E-state index in [4.69, 9.17) is 40.4 Å². The van der Waals surface area contributed by atoms with Crippen molar-refractivity contribution in [1.82, 2.24) is 29.5 Å². The van der Waals surface area contributed by atoms with Crippen molar-refractivity contribution in [2.45, 2.75) is 49.6 Å². The van der Waals surface area contributed by atoms with Crippen molar-refractivity contribution in [3.8, 4) is 0 Å². The van der Waals surface area contributed by atoms with Gasteiger partial charge in [0.2, 0.25) is 5.95 Å². The average Bonchev–Trinajstić information content (AvgIpc) is 3.57. The second-order valence-electron chi connectivity index (χ2n) is 9.69. The van der Waals surface area contributed by atoms with E-state index in [2.05, 4.69) is 42.5 Å². The summed E-state index contributed by atoms with van der Waals surface area (Å²) in [5, 5.41) is 3.26. The zero-order valence-corrected chi connectivity index (χ0v) is 24.4. The summed E-state index contributed by atoms with van der Waals surface area (Å²) in [6.45, 7) is -8.81. The molecule has 6 rings (SSSR count). The van der Waals surface area contributed by atoms with Gasteiger partial charge in [-0.3, -0.25) is 27.9 Å². The van der Waals surface area contributed by atoms with E-state index in [-0.39, 0.29) is 29.8 Å². The second-order valence-corrected chi connectivity index (χ2v) is 15.4. The Morgan fingerprint density at radius 3 is 2.85 bits per heavy atom. The molecule has 0 radical (unpaired) electrons. The normalized spacial score (nSPS) is 38.1. The van der Waals surface area contributed by atoms with Crippen LogP contribution in [-0.2, 0) is 39.2 Å². The first kappa shape index (κ1) is 29.0. The number of nitrogen functional groups attached to an aromatic ring is 1. The molecule has 1 saturated carbocycles. The van der Waals surface area contributed by atoms with Crippen LogP contribution in [0.5, 0.6) is 0 Å². The molecule has 1 aliphatic carbocycles. The highest BCUT2D eigenvalue weighted by Crippen LogP contribution is 2.58. The maximum atomic E-state index is 15.8. The number of halogens is 1. The Labute approximate surface area is 241 Å². The van der Waals surface area contributed by atoms with E-state index in [0.717, 1.165) is 0 Å². The number of aromatic nitrogens is 6. The minimum absolute atomic E-state index is 0.0221. The third kappa shape index (κ3) is 6.20. The molecule has 0 amide bonds. The fourth-order valence-electron chi connectivity index (χ4n) is 5.13. The summed E-state index contributed by atoms with van der Waals surface area (Å²) in [4.78, 5) is 41.7. The first-order chi connectivity index (χ1) is 19.5. The van der Waals surface area contributed by atoms with Gasteiger partial charge in [-0.25, -0.2) is 23.9 Å². The minimum atomic E-state index is -4.08. The van der Waals surface area contributed by atoms with Crippen molar-refractivity contribution in [3.63, 3.8) is 0 Å². The van der Waals surface area contributed by atoms with E-state index in [1.165, 1.54) is 17.2 Å². The molecule has 3 aliphatic rings. The summed E-state index contributed by atoms with van der Waals surface area (Å²) < 4.78 is 58.6. The number of nitrogens with zero attached hydrogens (tertiary/aromatic N) is 5. The zero-order chi connectivity index (χ0) is 28.9. The van der Waals surface area contributed by atoms with E-state index >= 15 is 4.39 Å². The van der Waals surface area contributed by atoms with Gasteiger partial charge in [-0.05, 0) is 30.7 Å². The van der Waals surface area contributed by atoms with Gasteiger partial charge < -0.3 is 25.2 Å². The van der Waals surface area contributed by atoms with Crippen LogP contribution in [0.3, 0.4) is 0 Å². The van der Waals surface area contributed by atoms with Crippen LogP contribution in [0, 0.1) is 5.92 Å². The van der Waals surface area contributed by atoms with Crippen LogP contribution < -0.4 is 16.6 Å². The zero-order valence-electron chi connectivity index (χ0n) is 20.9. The van der Waals surface area contributed by atoms with Gasteiger partial charge in [0.1, 0.15) is 24.4 Å². The summed E-state index contributed by atoms with van der Waals surface area (Å²) in [5.74, 6) is -0.0419. The topological polar surface area (TPSA) is 211 Å². The highest BCUT2D eigenvalue weighted by molar-refractivity contribution is 8.44. The number of rotatable bonds is 3. The lowest BCUT2D eigenvalue weighted by Crippen LogP contribution is -2.32. The quantitative estimate of drug-likeness (QED) is 0.202. The summed E-state index contributed by atoms with van der Waals surface area (Å²) in [7, 11) is 0. The van der Waals surface area contributed by atoms with Gasteiger partial charge in [-0.1, -0.05) is 12.2 Å². The third-order valence-electron chi connectivity index (χ3n) is 6.93. The SMILES string of the molecule is Nc1nc2c(ncn2[C@@H]2O[C@@H]3COP(=O)(S)O[C@H]4C[C@H](Nc5ccncn5)C[C@@H]4COP(O)(=S)O[C@@H]2[C@@H]3F)c(=O)[nH]1. The van der Waals surface area contributed by atoms with Gasteiger partial charge in [0.05, 0.1) is 25.6 Å². The van der Waals surface area contributed by atoms with Gasteiger partial charge in [0.15, 0.2) is 23.6 Å². The van der Waals surface area contributed by atoms with Crippen LogP contribution in [0.2, 0.25) is 0 Å². The van der Waals surface area contributed by atoms with Crippen LogP contribution >= 0.6 is 25.8 Å². The van der Waals surface area contributed by atoms with Crippen LogP contribution in [0.4, 0.5) is 16.2 Å². The first-order valence-corrected chi connectivity index (χ1v) is 17.6. The molecule has 3 aromatic heterocycles. The maximum absolute atomic E-state index is 15.8.